The fraction of sp³-hybridized carbons (Fsp3) is 0.359. The molecule has 5 aromatic heterocycles. The predicted molar refractivity (Wildman–Crippen MR) is 272 cm³/mol. The number of hydrogen-bond donors (Lipinski definition) is 4. The number of rotatable bonds is 18. The highest BCUT2D eigenvalue weighted by Crippen LogP contribution is 2.47. The zero-order chi connectivity index (χ0) is 47.6. The van der Waals surface area contributed by atoms with Crippen LogP contribution in [-0.4, -0.2) is 81.1 Å². The van der Waals surface area contributed by atoms with Gasteiger partial charge in [-0.3, -0.25) is 9.11 Å². The molecule has 1 saturated carbocycles. The molecule has 7 aromatic rings. The average molecular weight is 1080 g/mol. The number of hydrogen-bond acceptors (Lipinski definition) is 22. The van der Waals surface area contributed by atoms with E-state index in [2.05, 4.69) is 77.3 Å². The van der Waals surface area contributed by atoms with Gasteiger partial charge >= 0.3 is 20.2 Å². The summed E-state index contributed by atoms with van der Waals surface area (Å²) in [7, 11) is -9.17. The number of azo groups is 2. The third kappa shape index (κ3) is 11.0. The Labute approximate surface area is 416 Å². The lowest BCUT2D eigenvalue weighted by molar-refractivity contribution is 0.483. The number of fused-ring (bicyclic) bond motifs is 2. The van der Waals surface area contributed by atoms with Crippen LogP contribution in [0.1, 0.15) is 59.8 Å². The molecule has 0 unspecified atom stereocenters. The van der Waals surface area contributed by atoms with Gasteiger partial charge in [0.1, 0.15) is 21.0 Å². The topological polar surface area (TPSA) is 253 Å². The zero-order valence-corrected chi connectivity index (χ0v) is 43.2. The summed E-state index contributed by atoms with van der Waals surface area (Å²) >= 11 is 17.9. The maximum absolute atomic E-state index is 12.0. The maximum atomic E-state index is 12.0. The Balaban J connectivity index is 1.20. The molecular formula is C39H41Cl2N13O6S7. The van der Waals surface area contributed by atoms with E-state index in [0.717, 1.165) is 109 Å². The van der Waals surface area contributed by atoms with Gasteiger partial charge in [-0.05, 0) is 100.0 Å². The van der Waals surface area contributed by atoms with Gasteiger partial charge in [0.05, 0.1) is 32.2 Å². The van der Waals surface area contributed by atoms with Crippen LogP contribution in [0.2, 0.25) is 10.0 Å². The minimum atomic E-state index is -4.58. The van der Waals surface area contributed by atoms with Crippen molar-refractivity contribution in [2.75, 3.05) is 46.6 Å². The first-order valence-electron chi connectivity index (χ1n) is 20.8. The number of halogens is 2. The van der Waals surface area contributed by atoms with Crippen LogP contribution in [-0.2, 0) is 20.2 Å². The summed E-state index contributed by atoms with van der Waals surface area (Å²) in [5.74, 6) is 0.416. The molecule has 67 heavy (non-hydrogen) atoms. The van der Waals surface area contributed by atoms with Crippen LogP contribution in [0.25, 0.3) is 20.4 Å². The number of benzene rings is 2. The highest BCUT2D eigenvalue weighted by atomic mass is 35.5. The summed E-state index contributed by atoms with van der Waals surface area (Å²) in [4.78, 5) is 19.6. The van der Waals surface area contributed by atoms with Crippen LogP contribution in [0.4, 0.5) is 56.0 Å². The Morgan fingerprint density at radius 2 is 1.10 bits per heavy atom. The summed E-state index contributed by atoms with van der Waals surface area (Å²) in [5.41, 5.74) is 3.61. The fourth-order valence-corrected chi connectivity index (χ4v) is 15.0. The lowest BCUT2D eigenvalue weighted by atomic mass is 10.0. The molecule has 0 saturated heterocycles. The second-order valence-corrected chi connectivity index (χ2v) is 23.5. The van der Waals surface area contributed by atoms with E-state index < -0.39 is 28.7 Å². The van der Waals surface area contributed by atoms with E-state index in [1.807, 2.05) is 24.3 Å². The summed E-state index contributed by atoms with van der Waals surface area (Å²) in [6.07, 6.45) is 5.43. The smallest absolute Gasteiger partial charge is 0.305 e. The molecule has 28 heteroatoms. The SMILES string of the molecule is CCN(CC)c1ccc(N=Nc2snc3sc(S(=O)(=O)O)c(Cl)c23)c(Nc2nc(Nc3cc(N(CC)CC)ccc3N=Nc3snc4sc(S(=O)(=O)O)c(Cl)c34)nc(SC3CCCCC3)n2)c1. The Morgan fingerprint density at radius 1 is 0.672 bits per heavy atom. The number of thiophene rings is 2. The van der Waals surface area contributed by atoms with Crippen molar-refractivity contribution in [2.45, 2.75) is 78.6 Å². The quantitative estimate of drug-likeness (QED) is 0.0460. The van der Waals surface area contributed by atoms with Crippen LogP contribution >= 0.6 is 80.7 Å². The van der Waals surface area contributed by atoms with E-state index in [1.165, 1.54) is 6.42 Å². The maximum Gasteiger partial charge on any atom is 0.305 e. The Bertz CT molecular complexity index is 3040. The Kier molecular flexibility index (Phi) is 15.3. The third-order valence-electron chi connectivity index (χ3n) is 10.6. The van der Waals surface area contributed by atoms with Gasteiger partial charge in [0.25, 0.3) is 0 Å². The number of nitrogens with zero attached hydrogens (tertiary/aromatic N) is 11. The normalized spacial score (nSPS) is 14.0. The van der Waals surface area contributed by atoms with Crippen LogP contribution in [0, 0.1) is 0 Å². The molecule has 1 fully saturated rings. The molecule has 8 rings (SSSR count). The van der Waals surface area contributed by atoms with E-state index in [1.54, 1.807) is 23.9 Å². The molecule has 1 aliphatic rings. The van der Waals surface area contributed by atoms with Gasteiger partial charge < -0.3 is 20.4 Å². The van der Waals surface area contributed by atoms with Gasteiger partial charge in [-0.25, -0.2) is 0 Å². The van der Waals surface area contributed by atoms with Crippen molar-refractivity contribution in [3.05, 3.63) is 46.4 Å². The molecule has 5 heterocycles. The van der Waals surface area contributed by atoms with Crippen LogP contribution < -0.4 is 20.4 Å². The Hall–Kier alpha value is -4.22. The van der Waals surface area contributed by atoms with Crippen molar-refractivity contribution in [2.24, 2.45) is 20.5 Å². The van der Waals surface area contributed by atoms with Crippen molar-refractivity contribution in [1.29, 1.82) is 0 Å². The molecule has 0 bridgehead atoms. The van der Waals surface area contributed by atoms with Gasteiger partial charge in [-0.2, -0.15) is 40.5 Å². The lowest BCUT2D eigenvalue weighted by Gasteiger charge is -2.23. The van der Waals surface area contributed by atoms with Crippen molar-refractivity contribution in [3.8, 4) is 0 Å². The van der Waals surface area contributed by atoms with Crippen LogP contribution in [0.15, 0.2) is 70.4 Å². The number of anilines is 6. The summed E-state index contributed by atoms with van der Waals surface area (Å²) in [5, 5.41) is 26.3. The lowest BCUT2D eigenvalue weighted by Crippen LogP contribution is -2.21. The standard InChI is InChI=1S/C39H41Cl2N13O6S7/c1-5-53(6-2)20-14-16-23(47-49-31-27-29(40)35(66(55,56)57)62-33(27)51-64-31)25(18-20)42-37-44-38(46-39(45-37)61-22-12-10-9-11-13-22)43-26-19-21(54(7-3)8-4)15-17-24(26)48-50-32-28-30(41)36(67(58,59)60)63-34(28)52-65-32/h14-19,22H,5-13H2,1-4H3,(H,55,56,57)(H,58,59,60)(H2,42,43,44,45,46). The number of aromatic nitrogens is 5. The number of thioether (sulfide) groups is 1. The van der Waals surface area contributed by atoms with Crippen molar-refractivity contribution < 1.29 is 25.9 Å². The average Bonchev–Trinajstić information content (AvgIpc) is 4.06. The first-order chi connectivity index (χ1) is 32.1. The molecule has 0 amide bonds. The highest BCUT2D eigenvalue weighted by Gasteiger charge is 2.27. The molecule has 4 N–H and O–H groups in total. The summed E-state index contributed by atoms with van der Waals surface area (Å²) < 4.78 is 75.2. The van der Waals surface area contributed by atoms with E-state index in [9.17, 15) is 25.9 Å². The summed E-state index contributed by atoms with van der Waals surface area (Å²) in [6.45, 7) is 11.2. The molecule has 19 nitrogen and oxygen atoms in total. The van der Waals surface area contributed by atoms with Gasteiger partial charge in [0.15, 0.2) is 23.6 Å². The van der Waals surface area contributed by atoms with Gasteiger partial charge in [-0.15, -0.1) is 20.5 Å². The van der Waals surface area contributed by atoms with E-state index in [4.69, 9.17) is 38.2 Å². The molecule has 0 aliphatic heterocycles. The minimum Gasteiger partial charge on any atom is -0.372 e. The van der Waals surface area contributed by atoms with Crippen molar-refractivity contribution in [1.82, 2.24) is 23.7 Å². The molecule has 2 aromatic carbocycles. The molecule has 354 valence electrons. The first-order valence-corrected chi connectivity index (χ1v) is 28.5. The van der Waals surface area contributed by atoms with Crippen molar-refractivity contribution in [3.63, 3.8) is 0 Å². The molecule has 0 spiro atoms. The van der Waals surface area contributed by atoms with Crippen molar-refractivity contribution >= 4 is 177 Å². The molecular weight excluding hydrogens is 1040 g/mol. The van der Waals surface area contributed by atoms with E-state index in [0.29, 0.717) is 42.8 Å². The zero-order valence-electron chi connectivity index (χ0n) is 36.0. The van der Waals surface area contributed by atoms with Crippen LogP contribution in [0.3, 0.4) is 0 Å². The largest absolute Gasteiger partial charge is 0.372 e. The monoisotopic (exact) mass is 1080 g/mol. The fourth-order valence-electron chi connectivity index (χ4n) is 7.27. The number of nitrogens with one attached hydrogen (secondary N) is 2. The predicted octanol–water partition coefficient (Wildman–Crippen LogP) is 13.4. The van der Waals surface area contributed by atoms with Crippen LogP contribution in [0.5, 0.6) is 0 Å². The molecule has 0 radical (unpaired) electrons. The van der Waals surface area contributed by atoms with Gasteiger partial charge in [0, 0.05) is 42.8 Å². The van der Waals surface area contributed by atoms with Gasteiger partial charge in [0.2, 0.25) is 11.9 Å². The highest BCUT2D eigenvalue weighted by molar-refractivity contribution is 7.99. The molecule has 1 aliphatic carbocycles. The minimum absolute atomic E-state index is 0.178. The Morgan fingerprint density at radius 3 is 1.51 bits per heavy atom. The summed E-state index contributed by atoms with van der Waals surface area (Å²) in [6, 6.07) is 11.3. The first kappa shape index (κ1) is 49.2. The third-order valence-corrected chi connectivity index (χ3v) is 19.5. The second-order valence-electron chi connectivity index (χ2n) is 14.7. The molecule has 0 atom stereocenters. The second kappa shape index (κ2) is 20.8. The van der Waals surface area contributed by atoms with Gasteiger partial charge in [-0.1, -0.05) is 76.9 Å². The van der Waals surface area contributed by atoms with E-state index in [-0.39, 0.29) is 42.7 Å². The van der Waals surface area contributed by atoms with E-state index >= 15 is 0 Å².